The van der Waals surface area contributed by atoms with E-state index in [4.69, 9.17) is 9.47 Å². The molecule has 3 aliphatic heterocycles. The number of hydrogen-bond acceptors (Lipinski definition) is 4. The molecule has 6 nitrogen and oxygen atoms in total. The monoisotopic (exact) mass is 454 g/mol. The number of carbonyl (C=O) groups is 2. The van der Waals surface area contributed by atoms with Crippen molar-refractivity contribution >= 4 is 17.7 Å². The number of fused-ring (bicyclic) bond motifs is 2. The first-order valence-corrected chi connectivity index (χ1v) is 11.8. The van der Waals surface area contributed by atoms with Gasteiger partial charge in [-0.2, -0.15) is 0 Å². The molecular weight excluding hydrogens is 428 g/mol. The van der Waals surface area contributed by atoms with Gasteiger partial charge in [0.2, 0.25) is 5.91 Å². The number of hydrogen-bond donors (Lipinski definition) is 0. The van der Waals surface area contributed by atoms with Gasteiger partial charge in [-0.25, -0.2) is 4.79 Å². The van der Waals surface area contributed by atoms with Gasteiger partial charge in [-0.1, -0.05) is 54.6 Å². The van der Waals surface area contributed by atoms with Crippen molar-refractivity contribution in [2.45, 2.75) is 30.8 Å². The maximum atomic E-state index is 13.9. The first kappa shape index (κ1) is 20.8. The highest BCUT2D eigenvalue weighted by Gasteiger charge is 2.47. The van der Waals surface area contributed by atoms with E-state index in [9.17, 15) is 9.59 Å². The maximum Gasteiger partial charge on any atom is 0.415 e. The predicted molar refractivity (Wildman–Crippen MR) is 128 cm³/mol. The fourth-order valence-electron chi connectivity index (χ4n) is 5.44. The Bertz CT molecular complexity index is 1200. The van der Waals surface area contributed by atoms with Crippen LogP contribution in [0.4, 0.5) is 10.5 Å². The molecule has 0 aliphatic carbocycles. The molecule has 0 aromatic heterocycles. The Balaban J connectivity index is 1.24. The first-order chi connectivity index (χ1) is 16.6. The molecule has 1 unspecified atom stereocenters. The van der Waals surface area contributed by atoms with E-state index in [1.54, 1.807) is 4.90 Å². The molecule has 6 heteroatoms. The van der Waals surface area contributed by atoms with E-state index in [1.165, 1.54) is 0 Å². The smallest absolute Gasteiger partial charge is 0.415 e. The van der Waals surface area contributed by atoms with Crippen molar-refractivity contribution in [3.63, 3.8) is 0 Å². The van der Waals surface area contributed by atoms with Crippen LogP contribution in [-0.2, 0) is 9.53 Å². The normalized spacial score (nSPS) is 21.9. The van der Waals surface area contributed by atoms with Crippen LogP contribution in [0.2, 0.25) is 0 Å². The van der Waals surface area contributed by atoms with Gasteiger partial charge >= 0.3 is 6.09 Å². The second kappa shape index (κ2) is 8.20. The molecule has 34 heavy (non-hydrogen) atoms. The lowest BCUT2D eigenvalue weighted by atomic mass is 9.86. The second-order valence-corrected chi connectivity index (χ2v) is 9.26. The number of amides is 2. The zero-order chi connectivity index (χ0) is 23.1. The molecule has 1 atom stereocenters. The van der Waals surface area contributed by atoms with Crippen LogP contribution >= 0.6 is 0 Å². The number of anilines is 1. The highest BCUT2D eigenvalue weighted by atomic mass is 16.6. The lowest BCUT2D eigenvalue weighted by Gasteiger charge is -2.32. The zero-order valence-electron chi connectivity index (χ0n) is 18.9. The minimum absolute atomic E-state index is 0.0736. The van der Waals surface area contributed by atoms with Gasteiger partial charge in [-0.05, 0) is 37.1 Å². The lowest BCUT2D eigenvalue weighted by Crippen LogP contribution is -2.39. The average molecular weight is 455 g/mol. The molecule has 0 N–H and O–H groups in total. The summed E-state index contributed by atoms with van der Waals surface area (Å²) < 4.78 is 12.0. The number of benzene rings is 3. The van der Waals surface area contributed by atoms with Crippen LogP contribution in [0, 0.1) is 0 Å². The van der Waals surface area contributed by atoms with Crippen molar-refractivity contribution in [1.29, 1.82) is 0 Å². The fourth-order valence-corrected chi connectivity index (χ4v) is 5.44. The lowest BCUT2D eigenvalue weighted by molar-refractivity contribution is -0.132. The van der Waals surface area contributed by atoms with Gasteiger partial charge in [-0.15, -0.1) is 0 Å². The molecule has 3 aromatic rings. The van der Waals surface area contributed by atoms with Crippen LogP contribution in [0.3, 0.4) is 0 Å². The fraction of sp³-hybridized carbons (Fsp3) is 0.286. The Morgan fingerprint density at radius 2 is 1.47 bits per heavy atom. The highest BCUT2D eigenvalue weighted by molar-refractivity contribution is 5.91. The summed E-state index contributed by atoms with van der Waals surface area (Å²) in [6.45, 7) is 1.71. The van der Waals surface area contributed by atoms with E-state index in [1.807, 2.05) is 83.8 Å². The molecule has 0 saturated carbocycles. The molecule has 2 fully saturated rings. The number of likely N-dealkylation sites (tertiary alicyclic amines) is 1. The van der Waals surface area contributed by atoms with Crippen LogP contribution in [0.5, 0.6) is 11.5 Å². The average Bonchev–Trinajstić information content (AvgIpc) is 3.06. The van der Waals surface area contributed by atoms with Crippen LogP contribution in [-0.4, -0.2) is 42.1 Å². The standard InChI is InChI=1S/C28H26N2O4/c31-26(25-21-11-4-6-13-23(21)33-24-14-7-5-12-22(24)25)29-17-8-15-28(16-18-29)19-30(27(32)34-28)20-9-2-1-3-10-20/h1-7,9-14,25H,8,15-19H2. The number of carbonyl (C=O) groups excluding carboxylic acids is 2. The van der Waals surface area contributed by atoms with Gasteiger partial charge in [0, 0.05) is 36.3 Å². The molecule has 0 bridgehead atoms. The van der Waals surface area contributed by atoms with Crippen LogP contribution in [0.25, 0.3) is 0 Å². The van der Waals surface area contributed by atoms with E-state index in [0.29, 0.717) is 26.1 Å². The molecule has 172 valence electrons. The minimum atomic E-state index is -0.562. The topological polar surface area (TPSA) is 59.1 Å². The largest absolute Gasteiger partial charge is 0.457 e. The molecule has 2 saturated heterocycles. The molecular formula is C28H26N2O4. The van der Waals surface area contributed by atoms with Gasteiger partial charge in [0.05, 0.1) is 12.5 Å². The van der Waals surface area contributed by atoms with Crippen LogP contribution in [0.1, 0.15) is 36.3 Å². The highest BCUT2D eigenvalue weighted by Crippen LogP contribution is 2.45. The van der Waals surface area contributed by atoms with Gasteiger partial charge in [0.15, 0.2) is 0 Å². The van der Waals surface area contributed by atoms with E-state index in [-0.39, 0.29) is 12.0 Å². The summed E-state index contributed by atoms with van der Waals surface area (Å²) in [6, 6.07) is 25.2. The van der Waals surface area contributed by atoms with E-state index >= 15 is 0 Å². The third kappa shape index (κ3) is 3.50. The molecule has 6 rings (SSSR count). The maximum absolute atomic E-state index is 13.9. The predicted octanol–water partition coefficient (Wildman–Crippen LogP) is 5.33. The molecule has 3 aromatic carbocycles. The Morgan fingerprint density at radius 1 is 0.824 bits per heavy atom. The molecule has 1 spiro atoms. The molecule has 2 amide bonds. The molecule has 3 heterocycles. The summed E-state index contributed by atoms with van der Waals surface area (Å²) in [4.78, 5) is 30.3. The summed E-state index contributed by atoms with van der Waals surface area (Å²) in [5.41, 5.74) is 2.07. The summed E-state index contributed by atoms with van der Waals surface area (Å²) in [6.07, 6.45) is 1.85. The van der Waals surface area contributed by atoms with E-state index in [2.05, 4.69) is 0 Å². The van der Waals surface area contributed by atoms with Gasteiger partial charge in [0.25, 0.3) is 0 Å². The van der Waals surface area contributed by atoms with Crippen molar-refractivity contribution in [2.24, 2.45) is 0 Å². The minimum Gasteiger partial charge on any atom is -0.457 e. The van der Waals surface area contributed by atoms with Gasteiger partial charge in [0.1, 0.15) is 17.1 Å². The van der Waals surface area contributed by atoms with Gasteiger partial charge < -0.3 is 14.4 Å². The van der Waals surface area contributed by atoms with E-state index in [0.717, 1.165) is 41.2 Å². The number of rotatable bonds is 2. The molecule has 0 radical (unpaired) electrons. The van der Waals surface area contributed by atoms with Crippen molar-refractivity contribution in [3.05, 3.63) is 90.0 Å². The summed E-state index contributed by atoms with van der Waals surface area (Å²) in [5.74, 6) is 1.13. The summed E-state index contributed by atoms with van der Waals surface area (Å²) in [7, 11) is 0. The second-order valence-electron chi connectivity index (χ2n) is 9.26. The Labute approximate surface area is 198 Å². The van der Waals surface area contributed by atoms with Crippen molar-refractivity contribution in [2.75, 3.05) is 24.5 Å². The van der Waals surface area contributed by atoms with Gasteiger partial charge in [-0.3, -0.25) is 9.69 Å². The number of ether oxygens (including phenoxy) is 2. The van der Waals surface area contributed by atoms with Crippen LogP contribution < -0.4 is 9.64 Å². The zero-order valence-corrected chi connectivity index (χ0v) is 18.9. The number of para-hydroxylation sites is 3. The Hall–Kier alpha value is -3.80. The first-order valence-electron chi connectivity index (χ1n) is 11.8. The van der Waals surface area contributed by atoms with Crippen molar-refractivity contribution in [1.82, 2.24) is 4.90 Å². The van der Waals surface area contributed by atoms with Crippen LogP contribution in [0.15, 0.2) is 78.9 Å². The Morgan fingerprint density at radius 3 is 2.18 bits per heavy atom. The van der Waals surface area contributed by atoms with Crippen molar-refractivity contribution < 1.29 is 19.1 Å². The third-order valence-corrected chi connectivity index (χ3v) is 7.17. The summed E-state index contributed by atoms with van der Waals surface area (Å²) >= 11 is 0. The SMILES string of the molecule is O=C(C1c2ccccc2Oc2ccccc21)N1CCCC2(CC1)CN(c1ccccc1)C(=O)O2. The summed E-state index contributed by atoms with van der Waals surface area (Å²) in [5, 5.41) is 0. The van der Waals surface area contributed by atoms with Crippen molar-refractivity contribution in [3.8, 4) is 11.5 Å². The number of nitrogens with zero attached hydrogens (tertiary/aromatic N) is 2. The Kier molecular flexibility index (Phi) is 5.01. The quantitative estimate of drug-likeness (QED) is 0.525. The van der Waals surface area contributed by atoms with E-state index < -0.39 is 11.5 Å². The third-order valence-electron chi connectivity index (χ3n) is 7.17. The molecule has 3 aliphatic rings.